The molecule has 1 aliphatic heterocycles. The first-order valence-electron chi connectivity index (χ1n) is 10.6. The molecule has 0 aliphatic carbocycles. The second kappa shape index (κ2) is 10.5. The van der Waals surface area contributed by atoms with E-state index in [1.165, 1.54) is 41.4 Å². The topological polar surface area (TPSA) is 69.6 Å². The van der Waals surface area contributed by atoms with Crippen LogP contribution in [0.4, 0.5) is 15.2 Å². The highest BCUT2D eigenvalue weighted by Crippen LogP contribution is 2.31. The van der Waals surface area contributed by atoms with E-state index in [2.05, 4.69) is 14.9 Å². The van der Waals surface area contributed by atoms with Gasteiger partial charge < -0.3 is 4.90 Å². The molecular weight excluding hydrogens is 441 g/mol. The number of pyridine rings is 1. The average Bonchev–Trinajstić information content (AvgIpc) is 3.28. The van der Waals surface area contributed by atoms with Gasteiger partial charge in [-0.05, 0) is 30.3 Å². The zero-order valence-corrected chi connectivity index (χ0v) is 19.0. The molecule has 1 aliphatic rings. The molecule has 0 atom stereocenters. The summed E-state index contributed by atoms with van der Waals surface area (Å²) in [6, 6.07) is 11.9. The number of aromatic nitrogens is 2. The molecule has 0 unspecified atom stereocenters. The van der Waals surface area contributed by atoms with E-state index in [9.17, 15) is 14.0 Å². The monoisotopic (exact) mass is 465 g/mol. The number of hydrogen-bond donors (Lipinski definition) is 0. The molecule has 33 heavy (non-hydrogen) atoms. The molecule has 0 bridgehead atoms. The van der Waals surface area contributed by atoms with E-state index >= 15 is 0 Å². The van der Waals surface area contributed by atoms with Gasteiger partial charge in [-0.1, -0.05) is 18.2 Å². The molecule has 7 nitrogen and oxygen atoms in total. The van der Waals surface area contributed by atoms with Gasteiger partial charge in [-0.3, -0.25) is 24.4 Å². The van der Waals surface area contributed by atoms with Crippen LogP contribution in [0.1, 0.15) is 18.3 Å². The van der Waals surface area contributed by atoms with Gasteiger partial charge in [-0.15, -0.1) is 11.3 Å². The molecule has 3 heterocycles. The number of hydrogen-bond acceptors (Lipinski definition) is 6. The number of carbonyl (C=O) groups is 2. The maximum absolute atomic E-state index is 14.2. The van der Waals surface area contributed by atoms with Crippen molar-refractivity contribution >= 4 is 40.0 Å². The predicted molar refractivity (Wildman–Crippen MR) is 126 cm³/mol. The lowest BCUT2D eigenvalue weighted by atomic mass is 10.2. The highest BCUT2D eigenvalue weighted by Gasteiger charge is 2.22. The van der Waals surface area contributed by atoms with Crippen LogP contribution in [0.3, 0.4) is 0 Å². The van der Waals surface area contributed by atoms with E-state index in [-0.39, 0.29) is 17.5 Å². The SMILES string of the molecule is CC(=O)N(c1nc(/C=C/C(=O)N2CCN(Cc3ccccn3)CC2)cs1)c1ccccc1F. The fourth-order valence-electron chi connectivity index (χ4n) is 3.61. The van der Waals surface area contributed by atoms with Crippen molar-refractivity contribution in [3.8, 4) is 0 Å². The molecule has 9 heteroatoms. The number of rotatable bonds is 6. The van der Waals surface area contributed by atoms with Crippen LogP contribution in [-0.4, -0.2) is 57.8 Å². The molecule has 3 aromatic rings. The number of benzene rings is 1. The summed E-state index contributed by atoms with van der Waals surface area (Å²) in [4.78, 5) is 38.9. The Morgan fingerprint density at radius 2 is 1.88 bits per heavy atom. The van der Waals surface area contributed by atoms with Gasteiger partial charge in [0.15, 0.2) is 5.13 Å². The molecule has 1 saturated heterocycles. The average molecular weight is 466 g/mol. The van der Waals surface area contributed by atoms with Crippen LogP contribution in [0.25, 0.3) is 6.08 Å². The molecule has 1 aromatic carbocycles. The van der Waals surface area contributed by atoms with Crippen LogP contribution in [0.2, 0.25) is 0 Å². The Morgan fingerprint density at radius 3 is 2.58 bits per heavy atom. The van der Waals surface area contributed by atoms with E-state index in [0.717, 1.165) is 25.3 Å². The minimum absolute atomic E-state index is 0.0837. The van der Waals surface area contributed by atoms with Crippen molar-refractivity contribution in [2.45, 2.75) is 13.5 Å². The molecule has 4 rings (SSSR count). The highest BCUT2D eigenvalue weighted by molar-refractivity contribution is 7.14. The summed E-state index contributed by atoms with van der Waals surface area (Å²) in [6.07, 6.45) is 4.91. The van der Waals surface area contributed by atoms with Crippen molar-refractivity contribution in [1.29, 1.82) is 0 Å². The minimum Gasteiger partial charge on any atom is -0.337 e. The van der Waals surface area contributed by atoms with Crippen molar-refractivity contribution in [1.82, 2.24) is 19.8 Å². The Morgan fingerprint density at radius 1 is 1.12 bits per heavy atom. The maximum Gasteiger partial charge on any atom is 0.246 e. The molecule has 0 radical (unpaired) electrons. The summed E-state index contributed by atoms with van der Waals surface area (Å²) in [7, 11) is 0. The van der Waals surface area contributed by atoms with Gasteiger partial charge in [0.05, 0.1) is 17.1 Å². The van der Waals surface area contributed by atoms with Crippen molar-refractivity contribution in [3.05, 3.63) is 77.3 Å². The molecule has 2 aromatic heterocycles. The highest BCUT2D eigenvalue weighted by atomic mass is 32.1. The smallest absolute Gasteiger partial charge is 0.246 e. The van der Waals surface area contributed by atoms with Crippen LogP contribution in [-0.2, 0) is 16.1 Å². The molecule has 170 valence electrons. The third-order valence-electron chi connectivity index (χ3n) is 5.30. The second-order valence-electron chi connectivity index (χ2n) is 7.62. The van der Waals surface area contributed by atoms with Crippen molar-refractivity contribution in [2.75, 3.05) is 31.1 Å². The molecule has 0 N–H and O–H groups in total. The Labute approximate surface area is 195 Å². The first kappa shape index (κ1) is 22.8. The third kappa shape index (κ3) is 5.68. The second-order valence-corrected chi connectivity index (χ2v) is 8.45. The van der Waals surface area contributed by atoms with Gasteiger partial charge in [0.25, 0.3) is 0 Å². The van der Waals surface area contributed by atoms with E-state index < -0.39 is 5.82 Å². The van der Waals surface area contributed by atoms with Gasteiger partial charge in [0.1, 0.15) is 5.82 Å². The quantitative estimate of drug-likeness (QED) is 0.519. The summed E-state index contributed by atoms with van der Waals surface area (Å²) in [6.45, 7) is 4.99. The van der Waals surface area contributed by atoms with Crippen molar-refractivity contribution in [3.63, 3.8) is 0 Å². The lowest BCUT2D eigenvalue weighted by Gasteiger charge is -2.34. The van der Waals surface area contributed by atoms with Crippen LogP contribution in [0.5, 0.6) is 0 Å². The number of halogens is 1. The van der Waals surface area contributed by atoms with E-state index in [1.54, 1.807) is 34.7 Å². The van der Waals surface area contributed by atoms with Gasteiger partial charge in [-0.25, -0.2) is 9.37 Å². The zero-order valence-electron chi connectivity index (χ0n) is 18.2. The van der Waals surface area contributed by atoms with Crippen LogP contribution < -0.4 is 4.90 Å². The summed E-state index contributed by atoms with van der Waals surface area (Å²) >= 11 is 1.22. The molecule has 0 saturated carbocycles. The minimum atomic E-state index is -0.502. The van der Waals surface area contributed by atoms with Gasteiger partial charge >= 0.3 is 0 Å². The van der Waals surface area contributed by atoms with E-state index in [0.29, 0.717) is 23.9 Å². The number of piperazine rings is 1. The van der Waals surface area contributed by atoms with Gasteiger partial charge in [0.2, 0.25) is 11.8 Å². The summed E-state index contributed by atoms with van der Waals surface area (Å²) in [5.74, 6) is -0.929. The maximum atomic E-state index is 14.2. The van der Waals surface area contributed by atoms with Crippen LogP contribution in [0, 0.1) is 5.82 Å². The Balaban J connectivity index is 1.35. The van der Waals surface area contributed by atoms with E-state index in [1.807, 2.05) is 18.2 Å². The number of carbonyl (C=O) groups excluding carboxylic acids is 2. The largest absolute Gasteiger partial charge is 0.337 e. The number of thiazole rings is 1. The molecule has 0 spiro atoms. The third-order valence-corrected chi connectivity index (χ3v) is 6.15. The van der Waals surface area contributed by atoms with Gasteiger partial charge in [-0.2, -0.15) is 0 Å². The first-order valence-corrected chi connectivity index (χ1v) is 11.5. The first-order chi connectivity index (χ1) is 16.0. The van der Waals surface area contributed by atoms with Crippen molar-refractivity contribution < 1.29 is 14.0 Å². The summed E-state index contributed by atoms with van der Waals surface area (Å²) < 4.78 is 14.2. The standard InChI is InChI=1S/C24H24FN5O2S/c1-18(31)30(22-8-3-2-7-21(22)25)24-27-20(17-33-24)9-10-23(32)29-14-12-28(13-15-29)16-19-6-4-5-11-26-19/h2-11,17H,12-16H2,1H3/b10-9+. The fraction of sp³-hybridized carbons (Fsp3) is 0.250. The molecule has 2 amide bonds. The molecule has 1 fully saturated rings. The lowest BCUT2D eigenvalue weighted by Crippen LogP contribution is -2.47. The Kier molecular flexibility index (Phi) is 7.21. The summed E-state index contributed by atoms with van der Waals surface area (Å²) in [5, 5.41) is 2.09. The molecular formula is C24H24FN5O2S. The number of anilines is 2. The Hall–Kier alpha value is -3.43. The van der Waals surface area contributed by atoms with Crippen LogP contribution in [0.15, 0.2) is 60.1 Å². The fourth-order valence-corrected chi connectivity index (χ4v) is 4.45. The number of para-hydroxylation sites is 1. The lowest BCUT2D eigenvalue weighted by molar-refractivity contribution is -0.127. The zero-order chi connectivity index (χ0) is 23.2. The summed E-state index contributed by atoms with van der Waals surface area (Å²) in [5.41, 5.74) is 1.71. The Bertz CT molecular complexity index is 1140. The van der Waals surface area contributed by atoms with Gasteiger partial charge in [0, 0.05) is 57.3 Å². The number of nitrogens with zero attached hydrogens (tertiary/aromatic N) is 5. The van der Waals surface area contributed by atoms with Crippen LogP contribution >= 0.6 is 11.3 Å². The van der Waals surface area contributed by atoms with Crippen molar-refractivity contribution in [2.24, 2.45) is 0 Å². The van der Waals surface area contributed by atoms with E-state index in [4.69, 9.17) is 0 Å². The number of amides is 2. The normalized spacial score (nSPS) is 14.5. The predicted octanol–water partition coefficient (Wildman–Crippen LogP) is 3.72.